The molecular weight excluding hydrogens is 236 g/mol. The van der Waals surface area contributed by atoms with Crippen molar-refractivity contribution >= 4 is 17.3 Å². The molecule has 0 amide bonds. The summed E-state index contributed by atoms with van der Waals surface area (Å²) in [6, 6.07) is 2.79. The number of nitrogens with one attached hydrogen (secondary N) is 1. The zero-order valence-corrected chi connectivity index (χ0v) is 9.96. The number of nitrogens with zero attached hydrogens (tertiary/aromatic N) is 2. The molecule has 7 nitrogen and oxygen atoms in total. The van der Waals surface area contributed by atoms with Crippen LogP contribution in [0.2, 0.25) is 0 Å². The lowest BCUT2D eigenvalue weighted by Crippen LogP contribution is -2.11. The average molecular weight is 252 g/mol. The molecule has 0 bridgehead atoms. The van der Waals surface area contributed by atoms with E-state index < -0.39 is 4.92 Å². The Morgan fingerprint density at radius 1 is 1.61 bits per heavy atom. The van der Waals surface area contributed by atoms with Crippen molar-refractivity contribution in [2.75, 3.05) is 30.8 Å². The molecule has 0 aliphatic carbocycles. The molecule has 1 atom stereocenters. The van der Waals surface area contributed by atoms with Gasteiger partial charge >= 0.3 is 5.69 Å². The minimum atomic E-state index is -0.465. The lowest BCUT2D eigenvalue weighted by molar-refractivity contribution is -0.384. The van der Waals surface area contributed by atoms with Gasteiger partial charge in [0.2, 0.25) is 5.82 Å². The van der Waals surface area contributed by atoms with Crippen LogP contribution in [0.25, 0.3) is 0 Å². The first-order valence-electron chi connectivity index (χ1n) is 5.89. The van der Waals surface area contributed by atoms with E-state index in [-0.39, 0.29) is 17.3 Å². The molecule has 3 N–H and O–H groups in total. The number of pyridine rings is 1. The van der Waals surface area contributed by atoms with Crippen LogP contribution in [0.4, 0.5) is 17.3 Å². The van der Waals surface area contributed by atoms with Gasteiger partial charge < -0.3 is 15.8 Å². The van der Waals surface area contributed by atoms with E-state index in [2.05, 4.69) is 10.3 Å². The number of aromatic nitrogens is 1. The largest absolute Gasteiger partial charge is 0.384 e. The summed E-state index contributed by atoms with van der Waals surface area (Å²) in [6.07, 6.45) is 1.96. The summed E-state index contributed by atoms with van der Waals surface area (Å²) in [5, 5.41) is 13.8. The second-order valence-electron chi connectivity index (χ2n) is 4.31. The lowest BCUT2D eigenvalue weighted by Gasteiger charge is -2.09. The van der Waals surface area contributed by atoms with Crippen LogP contribution < -0.4 is 11.1 Å². The molecule has 18 heavy (non-hydrogen) atoms. The maximum Gasteiger partial charge on any atom is 0.311 e. The Morgan fingerprint density at radius 3 is 3.11 bits per heavy atom. The number of hydrogen-bond acceptors (Lipinski definition) is 6. The van der Waals surface area contributed by atoms with Crippen molar-refractivity contribution in [3.05, 3.63) is 22.2 Å². The van der Waals surface area contributed by atoms with Crippen LogP contribution in [0, 0.1) is 16.0 Å². The van der Waals surface area contributed by atoms with Crippen molar-refractivity contribution in [3.63, 3.8) is 0 Å². The van der Waals surface area contributed by atoms with Gasteiger partial charge in [-0.2, -0.15) is 0 Å². The van der Waals surface area contributed by atoms with E-state index in [1.807, 2.05) is 0 Å². The number of nitro groups is 1. The molecule has 0 aromatic carbocycles. The van der Waals surface area contributed by atoms with Gasteiger partial charge in [-0.05, 0) is 24.8 Å². The zero-order valence-electron chi connectivity index (χ0n) is 9.96. The van der Waals surface area contributed by atoms with E-state index in [0.717, 1.165) is 26.1 Å². The molecule has 0 saturated carbocycles. The summed E-state index contributed by atoms with van der Waals surface area (Å²) in [5.41, 5.74) is 5.48. The Bertz CT molecular complexity index is 432. The highest BCUT2D eigenvalue weighted by Gasteiger charge is 2.18. The first-order valence-corrected chi connectivity index (χ1v) is 5.89. The molecule has 1 saturated heterocycles. The van der Waals surface area contributed by atoms with Crippen LogP contribution in [0.5, 0.6) is 0 Å². The number of nitrogens with two attached hydrogens (primary N) is 1. The van der Waals surface area contributed by atoms with E-state index in [1.54, 1.807) is 0 Å². The normalized spacial score (nSPS) is 18.8. The van der Waals surface area contributed by atoms with Gasteiger partial charge in [0.25, 0.3) is 0 Å². The third-order valence-electron chi connectivity index (χ3n) is 2.96. The Morgan fingerprint density at radius 2 is 2.44 bits per heavy atom. The molecule has 0 radical (unpaired) electrons. The maximum absolute atomic E-state index is 10.8. The van der Waals surface area contributed by atoms with Crippen molar-refractivity contribution in [2.45, 2.75) is 12.8 Å². The van der Waals surface area contributed by atoms with E-state index >= 15 is 0 Å². The summed E-state index contributed by atoms with van der Waals surface area (Å²) in [4.78, 5) is 14.3. The number of ether oxygens (including phenoxy) is 1. The first kappa shape index (κ1) is 12.6. The van der Waals surface area contributed by atoms with E-state index in [0.29, 0.717) is 12.5 Å². The van der Waals surface area contributed by atoms with Crippen LogP contribution >= 0.6 is 0 Å². The number of hydrogen-bond donors (Lipinski definition) is 2. The Kier molecular flexibility index (Phi) is 3.93. The number of rotatable bonds is 5. The quantitative estimate of drug-likeness (QED) is 0.606. The average Bonchev–Trinajstić information content (AvgIpc) is 2.82. The minimum absolute atomic E-state index is 0.0492. The van der Waals surface area contributed by atoms with Crippen molar-refractivity contribution in [1.29, 1.82) is 0 Å². The SMILES string of the molecule is Nc1ccc([N+](=O)[O-])c(NCCC2CCOC2)n1. The highest BCUT2D eigenvalue weighted by atomic mass is 16.6. The summed E-state index contributed by atoms with van der Waals surface area (Å²) >= 11 is 0. The standard InChI is InChI=1S/C11H16N4O3/c12-10-2-1-9(15(16)17)11(14-10)13-5-3-8-4-6-18-7-8/h1-2,8H,3-7H2,(H3,12,13,14). The molecule has 2 heterocycles. The van der Waals surface area contributed by atoms with Crippen LogP contribution in [-0.2, 0) is 4.74 Å². The molecule has 1 aliphatic heterocycles. The van der Waals surface area contributed by atoms with Gasteiger partial charge in [-0.25, -0.2) is 4.98 Å². The van der Waals surface area contributed by atoms with Gasteiger partial charge in [0.1, 0.15) is 5.82 Å². The second kappa shape index (κ2) is 5.63. The van der Waals surface area contributed by atoms with Crippen LogP contribution in [0.1, 0.15) is 12.8 Å². The van der Waals surface area contributed by atoms with Crippen molar-refractivity contribution in [2.24, 2.45) is 5.92 Å². The fourth-order valence-corrected chi connectivity index (χ4v) is 1.95. The van der Waals surface area contributed by atoms with Gasteiger partial charge in [-0.15, -0.1) is 0 Å². The van der Waals surface area contributed by atoms with Gasteiger partial charge in [-0.1, -0.05) is 0 Å². The molecule has 1 aromatic heterocycles. The molecule has 7 heteroatoms. The third kappa shape index (κ3) is 3.07. The predicted molar refractivity (Wildman–Crippen MR) is 67.3 cm³/mol. The smallest absolute Gasteiger partial charge is 0.311 e. The lowest BCUT2D eigenvalue weighted by atomic mass is 10.1. The molecule has 1 unspecified atom stereocenters. The fraction of sp³-hybridized carbons (Fsp3) is 0.545. The molecule has 2 rings (SSSR count). The Balaban J connectivity index is 1.94. The Labute approximate surface area is 104 Å². The molecular formula is C11H16N4O3. The van der Waals surface area contributed by atoms with Crippen LogP contribution in [0.15, 0.2) is 12.1 Å². The molecule has 1 aromatic rings. The van der Waals surface area contributed by atoms with Crippen molar-refractivity contribution < 1.29 is 9.66 Å². The minimum Gasteiger partial charge on any atom is -0.384 e. The monoisotopic (exact) mass is 252 g/mol. The van der Waals surface area contributed by atoms with E-state index in [9.17, 15) is 10.1 Å². The molecule has 1 fully saturated rings. The van der Waals surface area contributed by atoms with E-state index in [4.69, 9.17) is 10.5 Å². The fourth-order valence-electron chi connectivity index (χ4n) is 1.95. The topological polar surface area (TPSA) is 103 Å². The summed E-state index contributed by atoms with van der Waals surface area (Å²) < 4.78 is 5.27. The van der Waals surface area contributed by atoms with Crippen molar-refractivity contribution in [1.82, 2.24) is 4.98 Å². The summed E-state index contributed by atoms with van der Waals surface area (Å²) in [5.74, 6) is 1.03. The maximum atomic E-state index is 10.8. The van der Waals surface area contributed by atoms with Crippen LogP contribution in [-0.4, -0.2) is 29.7 Å². The number of nitrogen functional groups attached to an aromatic ring is 1. The predicted octanol–water partition coefficient (Wildman–Crippen LogP) is 1.41. The van der Waals surface area contributed by atoms with Gasteiger partial charge in [0, 0.05) is 25.8 Å². The summed E-state index contributed by atoms with van der Waals surface area (Å²) in [6.45, 7) is 2.21. The van der Waals surface area contributed by atoms with Gasteiger partial charge in [0.15, 0.2) is 0 Å². The summed E-state index contributed by atoms with van der Waals surface area (Å²) in [7, 11) is 0. The number of anilines is 2. The molecule has 98 valence electrons. The van der Waals surface area contributed by atoms with Crippen LogP contribution in [0.3, 0.4) is 0 Å². The Hall–Kier alpha value is -1.89. The second-order valence-corrected chi connectivity index (χ2v) is 4.31. The molecule has 0 spiro atoms. The van der Waals surface area contributed by atoms with E-state index in [1.165, 1.54) is 12.1 Å². The highest BCUT2D eigenvalue weighted by Crippen LogP contribution is 2.23. The molecule has 1 aliphatic rings. The van der Waals surface area contributed by atoms with Gasteiger partial charge in [0.05, 0.1) is 4.92 Å². The zero-order chi connectivity index (χ0) is 13.0. The van der Waals surface area contributed by atoms with Crippen molar-refractivity contribution in [3.8, 4) is 0 Å². The highest BCUT2D eigenvalue weighted by molar-refractivity contribution is 5.59. The first-order chi connectivity index (χ1) is 8.66. The third-order valence-corrected chi connectivity index (χ3v) is 2.96. The van der Waals surface area contributed by atoms with Gasteiger partial charge in [-0.3, -0.25) is 10.1 Å².